The number of rotatable bonds is 2. The Morgan fingerprint density at radius 1 is 1.20 bits per heavy atom. The van der Waals surface area contributed by atoms with E-state index in [2.05, 4.69) is 4.90 Å². The van der Waals surface area contributed by atoms with Crippen molar-refractivity contribution in [3.05, 3.63) is 58.4 Å². The van der Waals surface area contributed by atoms with Gasteiger partial charge in [-0.2, -0.15) is 0 Å². The highest BCUT2D eigenvalue weighted by atomic mass is 35.5. The molecule has 20 heavy (non-hydrogen) atoms. The van der Waals surface area contributed by atoms with Crippen LogP contribution in [0, 0.1) is 5.82 Å². The molecule has 4 heteroatoms. The van der Waals surface area contributed by atoms with Gasteiger partial charge in [0.2, 0.25) is 0 Å². The van der Waals surface area contributed by atoms with E-state index in [0.717, 1.165) is 35.5 Å². The summed E-state index contributed by atoms with van der Waals surface area (Å²) in [7, 11) is 0. The van der Waals surface area contributed by atoms with Crippen molar-refractivity contribution >= 4 is 23.0 Å². The summed E-state index contributed by atoms with van der Waals surface area (Å²) in [5.41, 5.74) is 9.82. The molecule has 0 fully saturated rings. The van der Waals surface area contributed by atoms with Crippen molar-refractivity contribution < 1.29 is 4.39 Å². The quantitative estimate of drug-likeness (QED) is 0.898. The Balaban J connectivity index is 2.02. The van der Waals surface area contributed by atoms with Crippen LogP contribution < -0.4 is 10.6 Å². The molecule has 0 radical (unpaired) electrons. The molecule has 1 heterocycles. The van der Waals surface area contributed by atoms with Gasteiger partial charge < -0.3 is 10.6 Å². The Morgan fingerprint density at radius 2 is 2.00 bits per heavy atom. The van der Waals surface area contributed by atoms with Gasteiger partial charge in [0.15, 0.2) is 0 Å². The average Bonchev–Trinajstić information content (AvgIpc) is 2.81. The van der Waals surface area contributed by atoms with Gasteiger partial charge in [0.05, 0.1) is 10.7 Å². The summed E-state index contributed by atoms with van der Waals surface area (Å²) in [6, 6.07) is 10.7. The third-order valence-corrected chi connectivity index (χ3v) is 4.03. The maximum atomic E-state index is 13.4. The van der Waals surface area contributed by atoms with Crippen molar-refractivity contribution in [2.75, 3.05) is 11.4 Å². The van der Waals surface area contributed by atoms with Crippen molar-refractivity contribution in [1.82, 2.24) is 0 Å². The van der Waals surface area contributed by atoms with Crippen LogP contribution in [-0.4, -0.2) is 6.54 Å². The van der Waals surface area contributed by atoms with Crippen molar-refractivity contribution in [3.63, 3.8) is 0 Å². The Morgan fingerprint density at radius 3 is 2.70 bits per heavy atom. The predicted molar refractivity (Wildman–Crippen MR) is 81.2 cm³/mol. The highest BCUT2D eigenvalue weighted by molar-refractivity contribution is 6.33. The zero-order valence-electron chi connectivity index (χ0n) is 11.2. The van der Waals surface area contributed by atoms with E-state index in [0.29, 0.717) is 5.02 Å². The summed E-state index contributed by atoms with van der Waals surface area (Å²) in [6.07, 6.45) is 0.904. The first-order valence-electron chi connectivity index (χ1n) is 6.67. The summed E-state index contributed by atoms with van der Waals surface area (Å²) in [5.74, 6) is -0.223. The van der Waals surface area contributed by atoms with Crippen LogP contribution in [0.25, 0.3) is 0 Å². The number of hydrogen-bond donors (Lipinski definition) is 1. The van der Waals surface area contributed by atoms with Crippen LogP contribution in [0.3, 0.4) is 0 Å². The maximum absolute atomic E-state index is 13.4. The molecular formula is C16H16ClFN2. The molecule has 0 saturated carbocycles. The van der Waals surface area contributed by atoms with Gasteiger partial charge in [-0.1, -0.05) is 23.7 Å². The first kappa shape index (κ1) is 13.4. The van der Waals surface area contributed by atoms with Crippen LogP contribution in [-0.2, 0) is 6.42 Å². The van der Waals surface area contributed by atoms with Gasteiger partial charge in [0.1, 0.15) is 5.82 Å². The summed E-state index contributed by atoms with van der Waals surface area (Å²) >= 11 is 6.37. The first-order chi connectivity index (χ1) is 9.56. The molecule has 0 spiro atoms. The average molecular weight is 291 g/mol. The monoisotopic (exact) mass is 290 g/mol. The topological polar surface area (TPSA) is 29.3 Å². The first-order valence-corrected chi connectivity index (χ1v) is 7.05. The van der Waals surface area contributed by atoms with Crippen LogP contribution in [0.2, 0.25) is 5.02 Å². The molecule has 2 N–H and O–H groups in total. The lowest BCUT2D eigenvalue weighted by Crippen LogP contribution is -2.14. The Hall–Kier alpha value is -1.58. The number of nitrogens with zero attached hydrogens (tertiary/aromatic N) is 1. The lowest BCUT2D eigenvalue weighted by molar-refractivity contribution is 0.628. The second kappa shape index (κ2) is 5.08. The fourth-order valence-corrected chi connectivity index (χ4v) is 2.92. The normalized spacial score (nSPS) is 15.3. The predicted octanol–water partition coefficient (Wildman–Crippen LogP) is 4.19. The molecule has 104 valence electrons. The minimum absolute atomic E-state index is 0.0511. The second-order valence-corrected chi connectivity index (χ2v) is 5.58. The highest BCUT2D eigenvalue weighted by Gasteiger charge is 2.22. The molecule has 0 bridgehead atoms. The van der Waals surface area contributed by atoms with E-state index in [9.17, 15) is 4.39 Å². The van der Waals surface area contributed by atoms with E-state index in [1.165, 1.54) is 6.07 Å². The van der Waals surface area contributed by atoms with Gasteiger partial charge in [0.25, 0.3) is 0 Å². The fourth-order valence-electron chi connectivity index (χ4n) is 2.63. The molecule has 2 aromatic carbocycles. The molecular weight excluding hydrogens is 275 g/mol. The standard InChI is InChI=1S/C16H16ClFN2/c1-10(19)12-3-5-15(14(17)8-12)20-7-6-11-2-4-13(18)9-16(11)20/h2-5,8-10H,6-7,19H2,1H3/t10-/m0/s1. The number of hydrogen-bond acceptors (Lipinski definition) is 2. The zero-order chi connectivity index (χ0) is 14.3. The summed E-state index contributed by atoms with van der Waals surface area (Å²) in [5, 5.41) is 0.650. The van der Waals surface area contributed by atoms with E-state index in [1.54, 1.807) is 6.07 Å². The third-order valence-electron chi connectivity index (χ3n) is 3.73. The van der Waals surface area contributed by atoms with E-state index in [4.69, 9.17) is 17.3 Å². The van der Waals surface area contributed by atoms with Crippen molar-refractivity contribution in [2.45, 2.75) is 19.4 Å². The number of nitrogens with two attached hydrogens (primary N) is 1. The number of anilines is 2. The number of halogens is 2. The van der Waals surface area contributed by atoms with E-state index in [1.807, 2.05) is 31.2 Å². The highest BCUT2D eigenvalue weighted by Crippen LogP contribution is 2.39. The summed E-state index contributed by atoms with van der Waals surface area (Å²) in [4.78, 5) is 2.06. The fraction of sp³-hybridized carbons (Fsp3) is 0.250. The van der Waals surface area contributed by atoms with Crippen molar-refractivity contribution in [3.8, 4) is 0 Å². The van der Waals surface area contributed by atoms with Crippen molar-refractivity contribution in [2.24, 2.45) is 5.73 Å². The molecule has 0 aromatic heterocycles. The van der Waals surface area contributed by atoms with Gasteiger partial charge in [-0.25, -0.2) is 4.39 Å². The summed E-state index contributed by atoms with van der Waals surface area (Å²) in [6.45, 7) is 2.74. The van der Waals surface area contributed by atoms with Crippen molar-refractivity contribution in [1.29, 1.82) is 0 Å². The van der Waals surface area contributed by atoms with Crippen LogP contribution in [0.1, 0.15) is 24.1 Å². The van der Waals surface area contributed by atoms with Gasteiger partial charge in [0, 0.05) is 18.3 Å². The lowest BCUT2D eigenvalue weighted by Gasteiger charge is -2.22. The molecule has 1 aliphatic heterocycles. The maximum Gasteiger partial charge on any atom is 0.125 e. The second-order valence-electron chi connectivity index (χ2n) is 5.17. The third kappa shape index (κ3) is 2.28. The van der Waals surface area contributed by atoms with Crippen LogP contribution >= 0.6 is 11.6 Å². The Labute approximate surface area is 123 Å². The molecule has 2 aromatic rings. The zero-order valence-corrected chi connectivity index (χ0v) is 12.0. The van der Waals surface area contributed by atoms with E-state index < -0.39 is 0 Å². The van der Waals surface area contributed by atoms with Crippen LogP contribution in [0.4, 0.5) is 15.8 Å². The molecule has 0 aliphatic carbocycles. The Kier molecular flexibility index (Phi) is 3.40. The Bertz CT molecular complexity index is 655. The molecule has 3 rings (SSSR count). The lowest BCUT2D eigenvalue weighted by atomic mass is 10.1. The molecule has 0 saturated heterocycles. The minimum atomic E-state index is -0.223. The smallest absolute Gasteiger partial charge is 0.125 e. The van der Waals surface area contributed by atoms with Crippen LogP contribution in [0.15, 0.2) is 36.4 Å². The van der Waals surface area contributed by atoms with Gasteiger partial charge in [-0.05, 0) is 48.7 Å². The van der Waals surface area contributed by atoms with Crippen LogP contribution in [0.5, 0.6) is 0 Å². The van der Waals surface area contributed by atoms with Gasteiger partial charge in [-0.15, -0.1) is 0 Å². The minimum Gasteiger partial charge on any atom is -0.340 e. The molecule has 0 amide bonds. The molecule has 0 unspecified atom stereocenters. The molecule has 1 aliphatic rings. The number of fused-ring (bicyclic) bond motifs is 1. The van der Waals surface area contributed by atoms with E-state index in [-0.39, 0.29) is 11.9 Å². The largest absolute Gasteiger partial charge is 0.340 e. The SMILES string of the molecule is C[C@H](N)c1ccc(N2CCc3ccc(F)cc32)c(Cl)c1. The molecule has 1 atom stereocenters. The number of benzene rings is 2. The summed E-state index contributed by atoms with van der Waals surface area (Å²) < 4.78 is 13.4. The molecule has 2 nitrogen and oxygen atoms in total. The van der Waals surface area contributed by atoms with E-state index >= 15 is 0 Å². The van der Waals surface area contributed by atoms with Gasteiger partial charge in [-0.3, -0.25) is 0 Å². The van der Waals surface area contributed by atoms with Gasteiger partial charge >= 0.3 is 0 Å².